The van der Waals surface area contributed by atoms with Gasteiger partial charge in [-0.15, -0.1) is 0 Å². The second kappa shape index (κ2) is 6.93. The van der Waals surface area contributed by atoms with Crippen LogP contribution in [0, 0.1) is 6.92 Å². The third-order valence-corrected chi connectivity index (χ3v) is 3.26. The van der Waals surface area contributed by atoms with Crippen molar-refractivity contribution in [3.63, 3.8) is 0 Å². The molecule has 0 radical (unpaired) electrons. The molecular weight excluding hydrogens is 254 g/mol. The molecule has 0 aliphatic rings. The van der Waals surface area contributed by atoms with Gasteiger partial charge in [-0.25, -0.2) is 4.98 Å². The molecule has 0 unspecified atom stereocenters. The van der Waals surface area contributed by atoms with Crippen molar-refractivity contribution in [2.24, 2.45) is 0 Å². The first-order chi connectivity index (χ1) is 9.70. The minimum Gasteiger partial charge on any atom is -0.467 e. The zero-order valence-electron chi connectivity index (χ0n) is 12.0. The Balaban J connectivity index is 2.03. The Morgan fingerprint density at radius 3 is 2.90 bits per heavy atom. The number of rotatable bonds is 7. The molecule has 2 N–H and O–H groups in total. The number of hydrogen-bond acceptors (Lipinski definition) is 4. The van der Waals surface area contributed by atoms with E-state index in [1.807, 2.05) is 19.1 Å². The van der Waals surface area contributed by atoms with Crippen molar-refractivity contribution in [2.75, 3.05) is 5.32 Å². The highest BCUT2D eigenvalue weighted by molar-refractivity contribution is 5.29. The number of nitrogens with zero attached hydrogens (tertiary/aromatic N) is 1. The van der Waals surface area contributed by atoms with Gasteiger partial charge in [0.05, 0.1) is 12.8 Å². The molecule has 0 saturated carbocycles. The number of furan rings is 1. The molecule has 0 aliphatic heterocycles. The average Bonchev–Trinajstić information content (AvgIpc) is 2.93. The van der Waals surface area contributed by atoms with Crippen LogP contribution in [0.3, 0.4) is 0 Å². The van der Waals surface area contributed by atoms with Crippen LogP contribution in [-0.4, -0.2) is 9.97 Å². The predicted molar refractivity (Wildman–Crippen MR) is 78.9 cm³/mol. The van der Waals surface area contributed by atoms with Crippen LogP contribution < -0.4 is 10.9 Å². The van der Waals surface area contributed by atoms with Gasteiger partial charge in [0.2, 0.25) is 5.95 Å². The summed E-state index contributed by atoms with van der Waals surface area (Å²) < 4.78 is 5.22. The topological polar surface area (TPSA) is 70.9 Å². The summed E-state index contributed by atoms with van der Waals surface area (Å²) >= 11 is 0. The normalized spacial score (nSPS) is 10.7. The number of aromatic nitrogens is 2. The largest absolute Gasteiger partial charge is 0.467 e. The van der Waals surface area contributed by atoms with E-state index < -0.39 is 0 Å². The Hall–Kier alpha value is -2.04. The van der Waals surface area contributed by atoms with E-state index >= 15 is 0 Å². The van der Waals surface area contributed by atoms with Crippen molar-refractivity contribution in [1.82, 2.24) is 9.97 Å². The average molecular weight is 275 g/mol. The number of aromatic amines is 1. The molecule has 5 heteroatoms. The van der Waals surface area contributed by atoms with Crippen LogP contribution in [0.15, 0.2) is 27.6 Å². The lowest BCUT2D eigenvalue weighted by Gasteiger charge is -2.08. The van der Waals surface area contributed by atoms with Gasteiger partial charge < -0.3 is 9.73 Å². The third kappa shape index (κ3) is 3.73. The first-order valence-corrected chi connectivity index (χ1v) is 7.06. The van der Waals surface area contributed by atoms with Gasteiger partial charge in [-0.3, -0.25) is 9.78 Å². The van der Waals surface area contributed by atoms with Crippen LogP contribution in [0.25, 0.3) is 0 Å². The Morgan fingerprint density at radius 2 is 2.25 bits per heavy atom. The zero-order valence-corrected chi connectivity index (χ0v) is 12.0. The first kappa shape index (κ1) is 14.4. The van der Waals surface area contributed by atoms with E-state index in [1.54, 1.807) is 6.26 Å². The van der Waals surface area contributed by atoms with E-state index in [1.165, 1.54) is 0 Å². The number of anilines is 1. The van der Waals surface area contributed by atoms with Crippen molar-refractivity contribution >= 4 is 5.95 Å². The van der Waals surface area contributed by atoms with Crippen molar-refractivity contribution in [3.05, 3.63) is 45.8 Å². The van der Waals surface area contributed by atoms with Gasteiger partial charge in [-0.05, 0) is 31.9 Å². The Labute approximate surface area is 118 Å². The number of aryl methyl sites for hydroxylation is 1. The lowest BCUT2D eigenvalue weighted by molar-refractivity contribution is 0.517. The summed E-state index contributed by atoms with van der Waals surface area (Å²) in [6.07, 6.45) is 5.72. The van der Waals surface area contributed by atoms with Crippen LogP contribution in [0.4, 0.5) is 5.95 Å². The molecule has 0 saturated heterocycles. The summed E-state index contributed by atoms with van der Waals surface area (Å²) in [5, 5.41) is 3.06. The number of H-pyrrole nitrogens is 1. The van der Waals surface area contributed by atoms with Crippen molar-refractivity contribution in [1.29, 1.82) is 0 Å². The van der Waals surface area contributed by atoms with Crippen molar-refractivity contribution in [2.45, 2.75) is 46.1 Å². The van der Waals surface area contributed by atoms with Gasteiger partial charge in [0.25, 0.3) is 5.56 Å². The second-order valence-electron chi connectivity index (χ2n) is 4.87. The molecule has 0 aromatic carbocycles. The summed E-state index contributed by atoms with van der Waals surface area (Å²) in [5.74, 6) is 1.29. The third-order valence-electron chi connectivity index (χ3n) is 3.26. The zero-order chi connectivity index (χ0) is 14.4. The molecule has 0 atom stereocenters. The monoisotopic (exact) mass is 275 g/mol. The summed E-state index contributed by atoms with van der Waals surface area (Å²) in [6, 6.07) is 3.70. The van der Waals surface area contributed by atoms with Gasteiger partial charge in [-0.1, -0.05) is 19.8 Å². The highest BCUT2D eigenvalue weighted by Gasteiger charge is 2.08. The predicted octanol–water partition coefficient (Wildman–Crippen LogP) is 3.02. The molecule has 0 spiro atoms. The van der Waals surface area contributed by atoms with Gasteiger partial charge in [0.15, 0.2) is 0 Å². The highest BCUT2D eigenvalue weighted by Crippen LogP contribution is 2.09. The fourth-order valence-electron chi connectivity index (χ4n) is 2.12. The molecule has 5 nitrogen and oxygen atoms in total. The number of unbranched alkanes of at least 4 members (excludes halogenated alkanes) is 2. The molecule has 0 aliphatic carbocycles. The standard InChI is InChI=1S/C15H21N3O2/c1-3-4-5-8-13-11(2)17-15(18-14(13)19)16-10-12-7-6-9-20-12/h6-7,9H,3-5,8,10H2,1-2H3,(H2,16,17,18,19). The van der Waals surface area contributed by atoms with Crippen molar-refractivity contribution < 1.29 is 4.42 Å². The van der Waals surface area contributed by atoms with Crippen LogP contribution in [0.2, 0.25) is 0 Å². The van der Waals surface area contributed by atoms with Crippen LogP contribution in [-0.2, 0) is 13.0 Å². The summed E-state index contributed by atoms with van der Waals surface area (Å²) in [5.41, 5.74) is 1.55. The second-order valence-corrected chi connectivity index (χ2v) is 4.87. The number of hydrogen-bond donors (Lipinski definition) is 2. The molecular formula is C15H21N3O2. The van der Waals surface area contributed by atoms with E-state index in [0.29, 0.717) is 12.5 Å². The fraction of sp³-hybridized carbons (Fsp3) is 0.467. The summed E-state index contributed by atoms with van der Waals surface area (Å²) in [6.45, 7) is 4.54. The SMILES string of the molecule is CCCCCc1c(C)nc(NCc2ccco2)[nH]c1=O. The van der Waals surface area contributed by atoms with Gasteiger partial charge in [0.1, 0.15) is 5.76 Å². The van der Waals surface area contributed by atoms with E-state index in [0.717, 1.165) is 42.7 Å². The smallest absolute Gasteiger partial charge is 0.255 e. The molecule has 0 amide bonds. The molecule has 0 bridgehead atoms. The maximum Gasteiger partial charge on any atom is 0.255 e. The quantitative estimate of drug-likeness (QED) is 0.762. The molecule has 20 heavy (non-hydrogen) atoms. The highest BCUT2D eigenvalue weighted by atomic mass is 16.3. The minimum absolute atomic E-state index is 0.0458. The molecule has 0 fully saturated rings. The lowest BCUT2D eigenvalue weighted by atomic mass is 10.1. The lowest BCUT2D eigenvalue weighted by Crippen LogP contribution is -2.19. The van der Waals surface area contributed by atoms with Crippen LogP contribution in [0.1, 0.15) is 43.2 Å². The van der Waals surface area contributed by atoms with Gasteiger partial charge in [-0.2, -0.15) is 0 Å². The van der Waals surface area contributed by atoms with E-state index in [2.05, 4.69) is 22.2 Å². The maximum absolute atomic E-state index is 12.1. The Morgan fingerprint density at radius 1 is 1.40 bits per heavy atom. The van der Waals surface area contributed by atoms with E-state index in [9.17, 15) is 4.79 Å². The fourth-order valence-corrected chi connectivity index (χ4v) is 2.12. The number of nitrogens with one attached hydrogen (secondary N) is 2. The summed E-state index contributed by atoms with van der Waals surface area (Å²) in [4.78, 5) is 19.2. The first-order valence-electron chi connectivity index (χ1n) is 7.06. The molecule has 108 valence electrons. The Kier molecular flexibility index (Phi) is 4.98. The summed E-state index contributed by atoms with van der Waals surface area (Å²) in [7, 11) is 0. The van der Waals surface area contributed by atoms with E-state index in [-0.39, 0.29) is 5.56 Å². The van der Waals surface area contributed by atoms with Crippen molar-refractivity contribution in [3.8, 4) is 0 Å². The Bertz CT molecular complexity index is 588. The maximum atomic E-state index is 12.1. The van der Waals surface area contributed by atoms with E-state index in [4.69, 9.17) is 4.42 Å². The van der Waals surface area contributed by atoms with Crippen LogP contribution >= 0.6 is 0 Å². The van der Waals surface area contributed by atoms with Gasteiger partial charge >= 0.3 is 0 Å². The molecule has 2 aromatic rings. The molecule has 2 aromatic heterocycles. The van der Waals surface area contributed by atoms with Gasteiger partial charge in [0, 0.05) is 11.3 Å². The minimum atomic E-state index is -0.0458. The molecule has 2 rings (SSSR count). The van der Waals surface area contributed by atoms with Crippen LogP contribution in [0.5, 0.6) is 0 Å². The molecule has 2 heterocycles.